The Bertz CT molecular complexity index is 189. The molecule has 0 aliphatic carbocycles. The third kappa shape index (κ3) is 2.08. The predicted molar refractivity (Wildman–Crippen MR) is 26.0 cm³/mol. The van der Waals surface area contributed by atoms with E-state index in [0.29, 0.717) is 0 Å². The molecule has 0 aliphatic rings. The molecule has 0 fully saturated rings. The molecule has 54 valence electrons. The maximum Gasteiger partial charge on any atom is 0.406 e. The first-order chi connectivity index (χ1) is 4.58. The molecule has 0 aromatic carbocycles. The largest absolute Gasteiger partial charge is 0.406 e. The number of aromatic nitrogens is 2. The fraction of sp³-hybridized carbons (Fsp3) is 0.400. The van der Waals surface area contributed by atoms with Gasteiger partial charge in [-0.1, -0.05) is 0 Å². The molecule has 1 rings (SSSR count). The van der Waals surface area contributed by atoms with Crippen molar-refractivity contribution < 1.29 is 13.2 Å². The van der Waals surface area contributed by atoms with Gasteiger partial charge in [0.15, 0.2) is 6.33 Å². The van der Waals surface area contributed by atoms with Crippen molar-refractivity contribution in [2.45, 2.75) is 12.7 Å². The first-order valence-corrected chi connectivity index (χ1v) is 2.45. The van der Waals surface area contributed by atoms with Crippen LogP contribution in [-0.2, 0) is 6.54 Å². The molecular formula is C5H3F3N2. The van der Waals surface area contributed by atoms with E-state index in [-0.39, 0.29) is 0 Å². The summed E-state index contributed by atoms with van der Waals surface area (Å²) >= 11 is 0. The Kier molecular flexibility index (Phi) is 1.65. The Morgan fingerprint density at radius 3 is 2.60 bits per heavy atom. The first-order valence-electron chi connectivity index (χ1n) is 2.45. The molecule has 0 unspecified atom stereocenters. The van der Waals surface area contributed by atoms with E-state index in [1.165, 1.54) is 0 Å². The van der Waals surface area contributed by atoms with Gasteiger partial charge in [0.1, 0.15) is 12.7 Å². The summed E-state index contributed by atoms with van der Waals surface area (Å²) in [5.74, 6) is 0. The SMILES string of the molecule is FC(F)(F)Cn1[c]n[c]c1. The Balaban J connectivity index is 2.57. The van der Waals surface area contributed by atoms with Crippen LogP contribution in [0.3, 0.4) is 0 Å². The van der Waals surface area contributed by atoms with Crippen LogP contribution in [0.1, 0.15) is 0 Å². The number of halogens is 3. The summed E-state index contributed by atoms with van der Waals surface area (Å²) < 4.78 is 35.4. The molecule has 0 amide bonds. The minimum absolute atomic E-state index is 0.792. The van der Waals surface area contributed by atoms with Crippen LogP contribution in [0.2, 0.25) is 0 Å². The quantitative estimate of drug-likeness (QED) is 0.581. The molecule has 1 aromatic heterocycles. The van der Waals surface area contributed by atoms with Gasteiger partial charge in [-0.2, -0.15) is 13.2 Å². The van der Waals surface area contributed by atoms with Crippen molar-refractivity contribution in [1.82, 2.24) is 9.55 Å². The smallest absolute Gasteiger partial charge is 0.319 e. The minimum Gasteiger partial charge on any atom is -0.319 e. The lowest BCUT2D eigenvalue weighted by molar-refractivity contribution is -0.140. The highest BCUT2D eigenvalue weighted by molar-refractivity contribution is 4.71. The van der Waals surface area contributed by atoms with Crippen molar-refractivity contribution >= 4 is 0 Å². The normalized spacial score (nSPS) is 11.9. The van der Waals surface area contributed by atoms with E-state index >= 15 is 0 Å². The molecule has 0 N–H and O–H groups in total. The van der Waals surface area contributed by atoms with E-state index in [9.17, 15) is 13.2 Å². The molecule has 0 bridgehead atoms. The van der Waals surface area contributed by atoms with E-state index in [1.807, 2.05) is 0 Å². The van der Waals surface area contributed by atoms with Gasteiger partial charge in [0.2, 0.25) is 0 Å². The van der Waals surface area contributed by atoms with Gasteiger partial charge in [0, 0.05) is 6.20 Å². The van der Waals surface area contributed by atoms with Crippen molar-refractivity contribution in [2.24, 2.45) is 0 Å². The zero-order chi connectivity index (χ0) is 7.61. The minimum atomic E-state index is -4.20. The van der Waals surface area contributed by atoms with Crippen LogP contribution in [0, 0.1) is 12.5 Å². The first kappa shape index (κ1) is 7.11. The summed E-state index contributed by atoms with van der Waals surface area (Å²) in [5, 5.41) is 0. The molecule has 2 radical (unpaired) electrons. The molecular weight excluding hydrogens is 145 g/mol. The van der Waals surface area contributed by atoms with Crippen molar-refractivity contribution in [2.75, 3.05) is 0 Å². The average molecular weight is 148 g/mol. The Morgan fingerprint density at radius 2 is 2.20 bits per heavy atom. The van der Waals surface area contributed by atoms with Gasteiger partial charge in [0.25, 0.3) is 0 Å². The molecule has 1 heterocycles. The Labute approximate surface area is 55.3 Å². The highest BCUT2D eigenvalue weighted by Gasteiger charge is 2.27. The Morgan fingerprint density at radius 1 is 1.50 bits per heavy atom. The fourth-order valence-electron chi connectivity index (χ4n) is 0.495. The van der Waals surface area contributed by atoms with Gasteiger partial charge in [0.05, 0.1) is 0 Å². The summed E-state index contributed by atoms with van der Waals surface area (Å²) in [6, 6.07) is 0. The Hall–Kier alpha value is -1.00. The van der Waals surface area contributed by atoms with Gasteiger partial charge < -0.3 is 4.57 Å². The number of alkyl halides is 3. The number of nitrogens with zero attached hydrogens (tertiary/aromatic N) is 2. The van der Waals surface area contributed by atoms with E-state index in [4.69, 9.17) is 0 Å². The standard InChI is InChI=1S/C5H3F3N2/c6-5(7,8)3-10-2-1-9-4-10/h2H,3H2. The van der Waals surface area contributed by atoms with Crippen molar-refractivity contribution in [3.05, 3.63) is 18.7 Å². The number of imidazole rings is 1. The zero-order valence-electron chi connectivity index (χ0n) is 4.81. The van der Waals surface area contributed by atoms with Crippen LogP contribution in [-0.4, -0.2) is 15.7 Å². The molecule has 0 aliphatic heterocycles. The summed E-state index contributed by atoms with van der Waals surface area (Å²) in [5.41, 5.74) is 0. The maximum absolute atomic E-state index is 11.5. The highest BCUT2D eigenvalue weighted by atomic mass is 19.4. The van der Waals surface area contributed by atoms with Gasteiger partial charge in [-0.15, -0.1) is 0 Å². The van der Waals surface area contributed by atoms with E-state index < -0.39 is 12.7 Å². The summed E-state index contributed by atoms with van der Waals surface area (Å²) in [7, 11) is 0. The number of hydrogen-bond donors (Lipinski definition) is 0. The van der Waals surface area contributed by atoms with Crippen molar-refractivity contribution in [3.63, 3.8) is 0 Å². The summed E-state index contributed by atoms with van der Waals surface area (Å²) in [6.07, 6.45) is 1.18. The molecule has 0 atom stereocenters. The molecule has 1 aromatic rings. The lowest BCUT2D eigenvalue weighted by Gasteiger charge is -2.04. The average Bonchev–Trinajstić information content (AvgIpc) is 2.12. The molecule has 0 saturated heterocycles. The second-order valence-electron chi connectivity index (χ2n) is 1.71. The maximum atomic E-state index is 11.5. The topological polar surface area (TPSA) is 17.8 Å². The summed E-state index contributed by atoms with van der Waals surface area (Å²) in [4.78, 5) is 3.22. The molecule has 10 heavy (non-hydrogen) atoms. The molecule has 0 spiro atoms. The molecule has 2 nitrogen and oxygen atoms in total. The third-order valence-corrected chi connectivity index (χ3v) is 0.806. The third-order valence-electron chi connectivity index (χ3n) is 0.806. The van der Waals surface area contributed by atoms with Gasteiger partial charge >= 0.3 is 6.18 Å². The van der Waals surface area contributed by atoms with E-state index in [2.05, 4.69) is 17.5 Å². The van der Waals surface area contributed by atoms with Crippen molar-refractivity contribution in [3.8, 4) is 0 Å². The monoisotopic (exact) mass is 148 g/mol. The van der Waals surface area contributed by atoms with E-state index in [0.717, 1.165) is 10.8 Å². The second-order valence-corrected chi connectivity index (χ2v) is 1.71. The van der Waals surface area contributed by atoms with Crippen LogP contribution in [0.4, 0.5) is 13.2 Å². The fourth-order valence-corrected chi connectivity index (χ4v) is 0.495. The van der Waals surface area contributed by atoms with Crippen LogP contribution in [0.5, 0.6) is 0 Å². The highest BCUT2D eigenvalue weighted by Crippen LogP contribution is 2.16. The van der Waals surface area contributed by atoms with Gasteiger partial charge in [-0.05, 0) is 0 Å². The van der Waals surface area contributed by atoms with Crippen LogP contribution >= 0.6 is 0 Å². The predicted octanol–water partition coefficient (Wildman–Crippen LogP) is 1.05. The summed E-state index contributed by atoms with van der Waals surface area (Å²) in [6.45, 7) is -1.05. The van der Waals surface area contributed by atoms with Gasteiger partial charge in [-0.25, -0.2) is 4.98 Å². The van der Waals surface area contributed by atoms with Gasteiger partial charge in [-0.3, -0.25) is 0 Å². The number of rotatable bonds is 1. The van der Waals surface area contributed by atoms with Crippen molar-refractivity contribution in [1.29, 1.82) is 0 Å². The van der Waals surface area contributed by atoms with Crippen LogP contribution in [0.25, 0.3) is 0 Å². The zero-order valence-corrected chi connectivity index (χ0v) is 4.81. The van der Waals surface area contributed by atoms with Crippen LogP contribution < -0.4 is 0 Å². The van der Waals surface area contributed by atoms with E-state index in [1.54, 1.807) is 0 Å². The molecule has 5 heteroatoms. The number of hydrogen-bond acceptors (Lipinski definition) is 1. The second kappa shape index (κ2) is 2.32. The lowest BCUT2D eigenvalue weighted by Crippen LogP contribution is -2.16. The lowest BCUT2D eigenvalue weighted by atomic mass is 10.6. The van der Waals surface area contributed by atoms with Crippen LogP contribution in [0.15, 0.2) is 6.20 Å². The molecule has 0 saturated carbocycles.